The number of aromatic nitrogens is 4. The van der Waals surface area contributed by atoms with Crippen LogP contribution in [-0.4, -0.2) is 26.9 Å². The monoisotopic (exact) mass is 176 g/mol. The second-order valence-electron chi connectivity index (χ2n) is 2.37. The van der Waals surface area contributed by atoms with E-state index >= 15 is 0 Å². The largest absolute Gasteiger partial charge is 0.480 e. The second kappa shape index (κ2) is 3.22. The van der Waals surface area contributed by atoms with Gasteiger partial charge in [-0.25, -0.2) is 14.6 Å². The fourth-order valence-corrected chi connectivity index (χ4v) is 0.937. The maximum Gasteiger partial charge on any atom is 0.232 e. The van der Waals surface area contributed by atoms with E-state index in [2.05, 4.69) is 15.1 Å². The van der Waals surface area contributed by atoms with E-state index in [0.29, 0.717) is 11.7 Å². The molecule has 0 aliphatic rings. The summed E-state index contributed by atoms with van der Waals surface area (Å²) >= 11 is 0. The zero-order chi connectivity index (χ0) is 9.10. The molecule has 0 N–H and O–H groups in total. The number of ether oxygens (including phenoxy) is 1. The summed E-state index contributed by atoms with van der Waals surface area (Å²) in [7, 11) is 1.55. The van der Waals surface area contributed by atoms with E-state index in [1.54, 1.807) is 36.6 Å². The van der Waals surface area contributed by atoms with Crippen molar-refractivity contribution in [2.75, 3.05) is 7.11 Å². The molecule has 0 saturated heterocycles. The number of hydrogen-bond donors (Lipinski definition) is 0. The molecule has 0 aliphatic heterocycles. The Morgan fingerprint density at radius 3 is 2.77 bits per heavy atom. The van der Waals surface area contributed by atoms with E-state index in [1.807, 2.05) is 6.07 Å². The molecular weight excluding hydrogens is 168 g/mol. The Balaban J connectivity index is 2.33. The van der Waals surface area contributed by atoms with Crippen LogP contribution in [0.5, 0.6) is 5.88 Å². The van der Waals surface area contributed by atoms with Gasteiger partial charge in [0.15, 0.2) is 5.82 Å². The van der Waals surface area contributed by atoms with Crippen LogP contribution in [0.25, 0.3) is 5.82 Å². The van der Waals surface area contributed by atoms with Gasteiger partial charge in [0.1, 0.15) is 0 Å². The van der Waals surface area contributed by atoms with Gasteiger partial charge in [0, 0.05) is 12.4 Å². The predicted octanol–water partition coefficient (Wildman–Crippen LogP) is 0.671. The molecule has 0 aliphatic carbocycles. The molecule has 0 fully saturated rings. The fraction of sp³-hybridized carbons (Fsp3) is 0.125. The van der Waals surface area contributed by atoms with Gasteiger partial charge in [-0.1, -0.05) is 0 Å². The highest BCUT2D eigenvalue weighted by atomic mass is 16.5. The van der Waals surface area contributed by atoms with Gasteiger partial charge in [0.25, 0.3) is 0 Å². The fourth-order valence-electron chi connectivity index (χ4n) is 0.937. The normalized spacial score (nSPS) is 9.92. The standard InChI is InChI=1S/C8H8N4O/c1-13-8-6-9-7(5-10-8)12-4-2-3-11-12/h2-6H,1H3. The molecule has 5 nitrogen and oxygen atoms in total. The van der Waals surface area contributed by atoms with Crippen molar-refractivity contribution >= 4 is 0 Å². The van der Waals surface area contributed by atoms with Crippen LogP contribution in [0.2, 0.25) is 0 Å². The van der Waals surface area contributed by atoms with Crippen LogP contribution < -0.4 is 4.74 Å². The summed E-state index contributed by atoms with van der Waals surface area (Å²) < 4.78 is 6.51. The first kappa shape index (κ1) is 7.72. The SMILES string of the molecule is COc1cnc(-n2cccn2)cn1. The van der Waals surface area contributed by atoms with Gasteiger partial charge in [-0.3, -0.25) is 0 Å². The first-order valence-electron chi connectivity index (χ1n) is 3.76. The highest BCUT2D eigenvalue weighted by Gasteiger charge is 1.98. The first-order chi connectivity index (χ1) is 6.40. The van der Waals surface area contributed by atoms with Gasteiger partial charge in [-0.2, -0.15) is 5.10 Å². The Morgan fingerprint density at radius 1 is 1.31 bits per heavy atom. The van der Waals surface area contributed by atoms with Crippen LogP contribution in [0.4, 0.5) is 0 Å². The molecule has 5 heteroatoms. The highest BCUT2D eigenvalue weighted by molar-refractivity contribution is 5.19. The minimum Gasteiger partial charge on any atom is -0.480 e. The predicted molar refractivity (Wildman–Crippen MR) is 45.7 cm³/mol. The molecule has 0 atom stereocenters. The molecule has 2 aromatic rings. The molecule has 0 unspecified atom stereocenters. The van der Waals surface area contributed by atoms with Gasteiger partial charge >= 0.3 is 0 Å². The van der Waals surface area contributed by atoms with Crippen molar-refractivity contribution in [3.8, 4) is 11.7 Å². The van der Waals surface area contributed by atoms with Crippen LogP contribution >= 0.6 is 0 Å². The second-order valence-corrected chi connectivity index (χ2v) is 2.37. The van der Waals surface area contributed by atoms with Crippen molar-refractivity contribution in [2.24, 2.45) is 0 Å². The molecule has 0 spiro atoms. The Labute approximate surface area is 75.0 Å². The summed E-state index contributed by atoms with van der Waals surface area (Å²) in [6.45, 7) is 0. The molecule has 0 amide bonds. The van der Waals surface area contributed by atoms with Crippen molar-refractivity contribution in [2.45, 2.75) is 0 Å². The van der Waals surface area contributed by atoms with Crippen molar-refractivity contribution in [3.63, 3.8) is 0 Å². The summed E-state index contributed by atoms with van der Waals surface area (Å²) in [4.78, 5) is 8.11. The smallest absolute Gasteiger partial charge is 0.232 e. The Bertz CT molecular complexity index is 368. The topological polar surface area (TPSA) is 52.8 Å². The lowest BCUT2D eigenvalue weighted by Gasteiger charge is -2.00. The van der Waals surface area contributed by atoms with Crippen LogP contribution in [-0.2, 0) is 0 Å². The third-order valence-electron chi connectivity index (χ3n) is 1.56. The molecule has 0 aromatic carbocycles. The molecule has 2 aromatic heterocycles. The first-order valence-corrected chi connectivity index (χ1v) is 3.76. The lowest BCUT2D eigenvalue weighted by Crippen LogP contribution is -1.99. The van der Waals surface area contributed by atoms with Crippen LogP contribution in [0.15, 0.2) is 30.9 Å². The average molecular weight is 176 g/mol. The zero-order valence-electron chi connectivity index (χ0n) is 7.08. The Morgan fingerprint density at radius 2 is 2.23 bits per heavy atom. The van der Waals surface area contributed by atoms with E-state index in [9.17, 15) is 0 Å². The maximum absolute atomic E-state index is 4.88. The zero-order valence-corrected chi connectivity index (χ0v) is 7.08. The van der Waals surface area contributed by atoms with E-state index in [4.69, 9.17) is 4.74 Å². The summed E-state index contributed by atoms with van der Waals surface area (Å²) in [5.41, 5.74) is 0. The van der Waals surface area contributed by atoms with Crippen LogP contribution in [0.1, 0.15) is 0 Å². The molecule has 0 bridgehead atoms. The van der Waals surface area contributed by atoms with Crippen LogP contribution in [0, 0.1) is 0 Å². The third kappa shape index (κ3) is 1.48. The molecule has 0 saturated carbocycles. The summed E-state index contributed by atoms with van der Waals surface area (Å²) in [6.07, 6.45) is 6.64. The lowest BCUT2D eigenvalue weighted by atomic mass is 10.6. The van der Waals surface area contributed by atoms with Crippen molar-refractivity contribution < 1.29 is 4.74 Å². The van der Waals surface area contributed by atoms with E-state index in [-0.39, 0.29) is 0 Å². The van der Waals surface area contributed by atoms with Crippen molar-refractivity contribution in [1.82, 2.24) is 19.7 Å². The molecule has 66 valence electrons. The number of hydrogen-bond acceptors (Lipinski definition) is 4. The van der Waals surface area contributed by atoms with Gasteiger partial charge in [0.2, 0.25) is 5.88 Å². The summed E-state index contributed by atoms with van der Waals surface area (Å²) in [5.74, 6) is 1.17. The average Bonchev–Trinajstić information content (AvgIpc) is 2.71. The molecule has 2 rings (SSSR count). The third-order valence-corrected chi connectivity index (χ3v) is 1.56. The Kier molecular flexibility index (Phi) is 1.91. The lowest BCUT2D eigenvalue weighted by molar-refractivity contribution is 0.395. The number of rotatable bonds is 2. The summed E-state index contributed by atoms with van der Waals surface area (Å²) in [5, 5.41) is 4.02. The van der Waals surface area contributed by atoms with Gasteiger partial charge < -0.3 is 4.74 Å². The molecular formula is C8H8N4O. The molecule has 13 heavy (non-hydrogen) atoms. The van der Waals surface area contributed by atoms with Gasteiger partial charge in [-0.15, -0.1) is 0 Å². The molecule has 2 heterocycles. The molecule has 0 radical (unpaired) electrons. The minimum atomic E-state index is 0.496. The number of nitrogens with zero attached hydrogens (tertiary/aromatic N) is 4. The quantitative estimate of drug-likeness (QED) is 0.674. The van der Waals surface area contributed by atoms with Crippen molar-refractivity contribution in [1.29, 1.82) is 0 Å². The van der Waals surface area contributed by atoms with Gasteiger partial charge in [0.05, 0.1) is 19.5 Å². The van der Waals surface area contributed by atoms with E-state index in [1.165, 1.54) is 0 Å². The van der Waals surface area contributed by atoms with E-state index < -0.39 is 0 Å². The van der Waals surface area contributed by atoms with Crippen LogP contribution in [0.3, 0.4) is 0 Å². The Hall–Kier alpha value is -1.91. The van der Waals surface area contributed by atoms with E-state index in [0.717, 1.165) is 0 Å². The maximum atomic E-state index is 4.88. The minimum absolute atomic E-state index is 0.496. The van der Waals surface area contributed by atoms with Gasteiger partial charge in [-0.05, 0) is 6.07 Å². The van der Waals surface area contributed by atoms with Crippen molar-refractivity contribution in [3.05, 3.63) is 30.9 Å². The number of methoxy groups -OCH3 is 1. The summed E-state index contributed by atoms with van der Waals surface area (Å²) in [6, 6.07) is 1.83. The highest BCUT2D eigenvalue weighted by Crippen LogP contribution is 2.05.